The molecule has 2 heterocycles. The number of hydrogen-bond donors (Lipinski definition) is 1. The molecule has 6 nitrogen and oxygen atoms in total. The van der Waals surface area contributed by atoms with Crippen molar-refractivity contribution in [1.29, 1.82) is 0 Å². The third-order valence-corrected chi connectivity index (χ3v) is 8.17. The standard InChI is InChI=1S/C24H26N4O2S/c1-17(28-14-12-27(2)13-15-28)19-10-11-22-21(16-19)24(26-25-22)31(29,30)23-9-5-7-18-6-3-4-8-20(18)23/h3-11,16-17H,12-15H2,1-2H3,(H,25,26). The maximum Gasteiger partial charge on any atom is 0.226 e. The smallest absolute Gasteiger partial charge is 0.226 e. The number of fused-ring (bicyclic) bond motifs is 2. The van der Waals surface area contributed by atoms with Gasteiger partial charge in [-0.3, -0.25) is 10.00 Å². The Hall–Kier alpha value is -2.74. The summed E-state index contributed by atoms with van der Waals surface area (Å²) in [7, 11) is -1.64. The Bertz CT molecular complexity index is 1350. The zero-order valence-corrected chi connectivity index (χ0v) is 18.6. The lowest BCUT2D eigenvalue weighted by Crippen LogP contribution is -2.45. The Kier molecular flexibility index (Phi) is 5.04. The second-order valence-corrected chi connectivity index (χ2v) is 10.2. The normalized spacial score (nSPS) is 17.4. The van der Waals surface area contributed by atoms with Gasteiger partial charge in [0.2, 0.25) is 9.84 Å². The summed E-state index contributed by atoms with van der Waals surface area (Å²) in [6.07, 6.45) is 0. The van der Waals surface area contributed by atoms with Gasteiger partial charge in [0.1, 0.15) is 0 Å². The van der Waals surface area contributed by atoms with E-state index in [1.807, 2.05) is 42.5 Å². The van der Waals surface area contributed by atoms with Gasteiger partial charge in [0.15, 0.2) is 5.03 Å². The van der Waals surface area contributed by atoms with Gasteiger partial charge < -0.3 is 4.90 Å². The Morgan fingerprint density at radius 2 is 1.68 bits per heavy atom. The van der Waals surface area contributed by atoms with Crippen molar-refractivity contribution in [3.8, 4) is 0 Å². The van der Waals surface area contributed by atoms with E-state index in [0.29, 0.717) is 10.8 Å². The molecule has 31 heavy (non-hydrogen) atoms. The first-order valence-electron chi connectivity index (χ1n) is 10.6. The molecule has 0 aliphatic carbocycles. The van der Waals surface area contributed by atoms with E-state index in [4.69, 9.17) is 0 Å². The number of benzene rings is 3. The molecule has 7 heteroatoms. The molecular formula is C24H26N4O2S. The number of nitrogens with one attached hydrogen (secondary N) is 1. The number of H-pyrrole nitrogens is 1. The monoisotopic (exact) mass is 434 g/mol. The molecule has 0 saturated carbocycles. The van der Waals surface area contributed by atoms with Crippen LogP contribution in [0.15, 0.2) is 70.6 Å². The highest BCUT2D eigenvalue weighted by Gasteiger charge is 2.27. The predicted octanol–water partition coefficient (Wildman–Crippen LogP) is 3.86. The van der Waals surface area contributed by atoms with Crippen molar-refractivity contribution in [2.45, 2.75) is 22.9 Å². The molecule has 160 valence electrons. The van der Waals surface area contributed by atoms with Gasteiger partial charge in [-0.25, -0.2) is 8.42 Å². The lowest BCUT2D eigenvalue weighted by Gasteiger charge is -2.36. The molecule has 1 aromatic heterocycles. The topological polar surface area (TPSA) is 69.3 Å². The Labute approximate surface area is 182 Å². The fourth-order valence-electron chi connectivity index (χ4n) is 4.43. The number of rotatable bonds is 4. The first kappa shape index (κ1) is 20.2. The summed E-state index contributed by atoms with van der Waals surface area (Å²) in [5.41, 5.74) is 1.83. The molecule has 3 aromatic carbocycles. The van der Waals surface area contributed by atoms with Crippen molar-refractivity contribution < 1.29 is 8.42 Å². The second kappa shape index (κ2) is 7.75. The largest absolute Gasteiger partial charge is 0.304 e. The second-order valence-electron chi connectivity index (χ2n) is 8.33. The summed E-state index contributed by atoms with van der Waals surface area (Å²) in [6, 6.07) is 19.1. The van der Waals surface area contributed by atoms with Crippen LogP contribution < -0.4 is 0 Å². The molecule has 5 rings (SSSR count). The highest BCUT2D eigenvalue weighted by atomic mass is 32.2. The molecule has 1 aliphatic rings. The Morgan fingerprint density at radius 1 is 0.935 bits per heavy atom. The van der Waals surface area contributed by atoms with Gasteiger partial charge >= 0.3 is 0 Å². The molecule has 4 aromatic rings. The molecule has 0 radical (unpaired) electrons. The van der Waals surface area contributed by atoms with Gasteiger partial charge in [-0.05, 0) is 43.1 Å². The van der Waals surface area contributed by atoms with Crippen LogP contribution in [0, 0.1) is 0 Å². The van der Waals surface area contributed by atoms with Crippen molar-refractivity contribution in [1.82, 2.24) is 20.0 Å². The number of sulfone groups is 1. The number of hydrogen-bond acceptors (Lipinski definition) is 5. The van der Waals surface area contributed by atoms with Crippen LogP contribution in [0.5, 0.6) is 0 Å². The molecule has 1 saturated heterocycles. The van der Waals surface area contributed by atoms with Crippen LogP contribution >= 0.6 is 0 Å². The highest BCUT2D eigenvalue weighted by Crippen LogP contribution is 2.33. The number of aromatic nitrogens is 2. The highest BCUT2D eigenvalue weighted by molar-refractivity contribution is 7.91. The zero-order chi connectivity index (χ0) is 21.6. The summed E-state index contributed by atoms with van der Waals surface area (Å²) >= 11 is 0. The Morgan fingerprint density at radius 3 is 2.48 bits per heavy atom. The number of aromatic amines is 1. The molecule has 0 spiro atoms. The van der Waals surface area contributed by atoms with E-state index in [2.05, 4.69) is 40.0 Å². The van der Waals surface area contributed by atoms with Crippen molar-refractivity contribution in [3.63, 3.8) is 0 Å². The number of likely N-dealkylation sites (N-methyl/N-ethyl adjacent to an activating group) is 1. The number of piperazine rings is 1. The first-order chi connectivity index (χ1) is 14.9. The van der Waals surface area contributed by atoms with Crippen LogP contribution in [0.25, 0.3) is 21.7 Å². The minimum atomic E-state index is -3.79. The van der Waals surface area contributed by atoms with Crippen LogP contribution in [-0.4, -0.2) is 61.6 Å². The van der Waals surface area contributed by atoms with Crippen molar-refractivity contribution in [2.24, 2.45) is 0 Å². The lowest BCUT2D eigenvalue weighted by molar-refractivity contribution is 0.119. The maximum atomic E-state index is 13.6. The van der Waals surface area contributed by atoms with E-state index in [-0.39, 0.29) is 16.0 Å². The molecule has 0 bridgehead atoms. The van der Waals surface area contributed by atoms with Crippen LogP contribution in [0.2, 0.25) is 0 Å². The number of nitrogens with zero attached hydrogens (tertiary/aromatic N) is 3. The van der Waals surface area contributed by atoms with Gasteiger partial charge in [-0.2, -0.15) is 5.10 Å². The Balaban J connectivity index is 1.58. The van der Waals surface area contributed by atoms with Gasteiger partial charge in [-0.15, -0.1) is 0 Å². The lowest BCUT2D eigenvalue weighted by atomic mass is 10.0. The maximum absolute atomic E-state index is 13.6. The van der Waals surface area contributed by atoms with Crippen LogP contribution in [0.4, 0.5) is 0 Å². The summed E-state index contributed by atoms with van der Waals surface area (Å²) in [5, 5.41) is 9.50. The molecule has 0 amide bonds. The van der Waals surface area contributed by atoms with E-state index in [1.54, 1.807) is 12.1 Å². The quantitative estimate of drug-likeness (QED) is 0.528. The van der Waals surface area contributed by atoms with E-state index in [0.717, 1.165) is 42.6 Å². The first-order valence-corrected chi connectivity index (χ1v) is 12.1. The molecule has 1 atom stereocenters. The fraction of sp³-hybridized carbons (Fsp3) is 0.292. The average molecular weight is 435 g/mol. The van der Waals surface area contributed by atoms with Gasteiger partial charge in [0.25, 0.3) is 0 Å². The van der Waals surface area contributed by atoms with E-state index >= 15 is 0 Å². The summed E-state index contributed by atoms with van der Waals surface area (Å²) in [6.45, 7) is 6.27. The van der Waals surface area contributed by atoms with E-state index in [9.17, 15) is 8.42 Å². The molecule has 1 N–H and O–H groups in total. The van der Waals surface area contributed by atoms with Crippen LogP contribution in [0.1, 0.15) is 18.5 Å². The third kappa shape index (κ3) is 3.52. The molecule has 1 unspecified atom stereocenters. The summed E-state index contributed by atoms with van der Waals surface area (Å²) in [5.74, 6) is 0. The minimum Gasteiger partial charge on any atom is -0.304 e. The molecule has 1 fully saturated rings. The SMILES string of the molecule is CC(c1ccc2[nH]nc(S(=O)(=O)c3cccc4ccccc34)c2c1)N1CCN(C)CC1. The van der Waals surface area contributed by atoms with Crippen molar-refractivity contribution in [2.75, 3.05) is 33.2 Å². The average Bonchev–Trinajstić information content (AvgIpc) is 3.23. The zero-order valence-electron chi connectivity index (χ0n) is 17.7. The van der Waals surface area contributed by atoms with Gasteiger partial charge in [0.05, 0.1) is 10.4 Å². The summed E-state index contributed by atoms with van der Waals surface area (Å²) < 4.78 is 27.3. The van der Waals surface area contributed by atoms with E-state index in [1.165, 1.54) is 0 Å². The predicted molar refractivity (Wildman–Crippen MR) is 123 cm³/mol. The van der Waals surface area contributed by atoms with Crippen molar-refractivity contribution >= 4 is 31.5 Å². The molecular weight excluding hydrogens is 408 g/mol. The third-order valence-electron chi connectivity index (χ3n) is 6.41. The van der Waals surface area contributed by atoms with Crippen LogP contribution in [-0.2, 0) is 9.84 Å². The van der Waals surface area contributed by atoms with Gasteiger partial charge in [0, 0.05) is 43.0 Å². The van der Waals surface area contributed by atoms with Gasteiger partial charge in [-0.1, -0.05) is 42.5 Å². The van der Waals surface area contributed by atoms with Crippen LogP contribution in [0.3, 0.4) is 0 Å². The summed E-state index contributed by atoms with van der Waals surface area (Å²) in [4.78, 5) is 5.06. The van der Waals surface area contributed by atoms with Crippen molar-refractivity contribution in [3.05, 3.63) is 66.2 Å². The minimum absolute atomic E-state index is 0.0891. The molecule has 1 aliphatic heterocycles. The fourth-order valence-corrected chi connectivity index (χ4v) is 5.99. The van der Waals surface area contributed by atoms with E-state index < -0.39 is 9.84 Å².